The molecule has 44 valence electrons. The molecule has 0 spiro atoms. The van der Waals surface area contributed by atoms with Gasteiger partial charge in [-0.25, -0.2) is 4.79 Å². The summed E-state index contributed by atoms with van der Waals surface area (Å²) in [5.74, 6) is 0. The third kappa shape index (κ3) is 0.816. The Labute approximate surface area is 51.9 Å². The lowest BCUT2D eigenvalue weighted by molar-refractivity contribution is 0.228. The Morgan fingerprint density at radius 2 is 2.50 bits per heavy atom. The summed E-state index contributed by atoms with van der Waals surface area (Å²) in [6, 6.07) is -0.255. The number of hydrogen-bond acceptors (Lipinski definition) is 1. The molecule has 1 heterocycles. The van der Waals surface area contributed by atoms with Crippen molar-refractivity contribution in [3.63, 3.8) is 0 Å². The molecule has 8 heavy (non-hydrogen) atoms. The van der Waals surface area contributed by atoms with Crippen LogP contribution < -0.4 is 0 Å². The Morgan fingerprint density at radius 1 is 1.88 bits per heavy atom. The summed E-state index contributed by atoms with van der Waals surface area (Å²) in [6.07, 6.45) is 0. The second-order valence-corrected chi connectivity index (χ2v) is 2.06. The number of aliphatic imine (C=N–C) groups is 1. The van der Waals surface area contributed by atoms with Crippen LogP contribution >= 0.6 is 11.6 Å². The molecule has 2 amide bonds. The molecule has 0 unspecified atom stereocenters. The Balaban J connectivity index is 2.70. The molecule has 0 bridgehead atoms. The SMILES string of the molecule is CN1CC(Cl)=NC1=O. The molecule has 0 aliphatic carbocycles. The summed E-state index contributed by atoms with van der Waals surface area (Å²) < 4.78 is 0. The van der Waals surface area contributed by atoms with Crippen molar-refractivity contribution in [2.24, 2.45) is 4.99 Å². The number of carbonyl (C=O) groups excluding carboxylic acids is 1. The third-order valence-corrected chi connectivity index (χ3v) is 1.12. The van der Waals surface area contributed by atoms with Gasteiger partial charge in [0.25, 0.3) is 0 Å². The number of nitrogens with zero attached hydrogens (tertiary/aromatic N) is 2. The average molecular weight is 133 g/mol. The number of amides is 2. The van der Waals surface area contributed by atoms with Gasteiger partial charge in [-0.3, -0.25) is 0 Å². The molecule has 0 aromatic rings. The third-order valence-electron chi connectivity index (χ3n) is 0.911. The summed E-state index contributed by atoms with van der Waals surface area (Å²) in [5, 5.41) is 0.373. The highest BCUT2D eigenvalue weighted by Crippen LogP contribution is 2.02. The standard InChI is InChI=1S/C4H5ClN2O/c1-7-2-3(5)6-4(7)8/h2H2,1H3. The fourth-order valence-corrected chi connectivity index (χ4v) is 0.739. The number of halogens is 1. The summed E-state index contributed by atoms with van der Waals surface area (Å²) in [5.41, 5.74) is 0. The lowest BCUT2D eigenvalue weighted by Crippen LogP contribution is -2.19. The van der Waals surface area contributed by atoms with Gasteiger partial charge in [0.1, 0.15) is 5.17 Å². The van der Waals surface area contributed by atoms with E-state index in [0.717, 1.165) is 0 Å². The van der Waals surface area contributed by atoms with Gasteiger partial charge >= 0.3 is 6.03 Å². The molecule has 0 aromatic heterocycles. The molecule has 0 aromatic carbocycles. The van der Waals surface area contributed by atoms with Gasteiger partial charge in [0.05, 0.1) is 6.54 Å². The molecule has 0 fully saturated rings. The van der Waals surface area contributed by atoms with Gasteiger partial charge in [0, 0.05) is 7.05 Å². The first-order valence-electron chi connectivity index (χ1n) is 2.18. The van der Waals surface area contributed by atoms with E-state index < -0.39 is 0 Å². The van der Waals surface area contributed by atoms with Crippen LogP contribution in [0.15, 0.2) is 4.99 Å². The maximum Gasteiger partial charge on any atom is 0.344 e. The van der Waals surface area contributed by atoms with E-state index in [1.54, 1.807) is 7.05 Å². The molecular formula is C4H5ClN2O. The fraction of sp³-hybridized carbons (Fsp3) is 0.500. The molecule has 1 aliphatic rings. The van der Waals surface area contributed by atoms with Crippen LogP contribution in [0, 0.1) is 0 Å². The van der Waals surface area contributed by atoms with E-state index in [9.17, 15) is 4.79 Å². The number of carbonyl (C=O) groups is 1. The fourth-order valence-electron chi connectivity index (χ4n) is 0.488. The maximum atomic E-state index is 10.4. The minimum absolute atomic E-state index is 0.255. The first-order chi connectivity index (χ1) is 3.70. The topological polar surface area (TPSA) is 32.7 Å². The molecule has 0 N–H and O–H groups in total. The quantitative estimate of drug-likeness (QED) is 0.477. The molecule has 0 radical (unpaired) electrons. The molecule has 0 saturated carbocycles. The predicted molar refractivity (Wildman–Crippen MR) is 31.3 cm³/mol. The number of hydrogen-bond donors (Lipinski definition) is 0. The van der Waals surface area contributed by atoms with Gasteiger partial charge in [-0.1, -0.05) is 11.6 Å². The van der Waals surface area contributed by atoms with Crippen molar-refractivity contribution in [2.45, 2.75) is 0 Å². The van der Waals surface area contributed by atoms with Crippen LogP contribution in [0.25, 0.3) is 0 Å². The zero-order valence-electron chi connectivity index (χ0n) is 4.39. The Kier molecular flexibility index (Phi) is 1.21. The van der Waals surface area contributed by atoms with Crippen LogP contribution in [0.2, 0.25) is 0 Å². The van der Waals surface area contributed by atoms with Crippen LogP contribution in [-0.4, -0.2) is 29.7 Å². The van der Waals surface area contributed by atoms with E-state index >= 15 is 0 Å². The summed E-state index contributed by atoms with van der Waals surface area (Å²) in [7, 11) is 1.65. The first-order valence-corrected chi connectivity index (χ1v) is 2.56. The molecule has 0 saturated heterocycles. The van der Waals surface area contributed by atoms with E-state index in [1.807, 2.05) is 0 Å². The van der Waals surface area contributed by atoms with Crippen molar-refractivity contribution >= 4 is 22.8 Å². The molecule has 3 nitrogen and oxygen atoms in total. The van der Waals surface area contributed by atoms with Gasteiger partial charge in [-0.15, -0.1) is 0 Å². The van der Waals surface area contributed by atoms with E-state index in [0.29, 0.717) is 11.7 Å². The lowest BCUT2D eigenvalue weighted by Gasteiger charge is -2.01. The summed E-state index contributed by atoms with van der Waals surface area (Å²) in [4.78, 5) is 15.3. The first kappa shape index (κ1) is 5.56. The minimum atomic E-state index is -0.255. The molecule has 4 heteroatoms. The largest absolute Gasteiger partial charge is 0.344 e. The second-order valence-electron chi connectivity index (χ2n) is 1.63. The average Bonchev–Trinajstić information content (AvgIpc) is 1.85. The highest BCUT2D eigenvalue weighted by Gasteiger charge is 2.16. The smallest absolute Gasteiger partial charge is 0.319 e. The minimum Gasteiger partial charge on any atom is -0.319 e. The summed E-state index contributed by atoms with van der Waals surface area (Å²) >= 11 is 5.39. The van der Waals surface area contributed by atoms with E-state index in [1.165, 1.54) is 4.90 Å². The van der Waals surface area contributed by atoms with Crippen molar-refractivity contribution in [3.05, 3.63) is 0 Å². The van der Waals surface area contributed by atoms with Crippen molar-refractivity contribution in [1.29, 1.82) is 0 Å². The van der Waals surface area contributed by atoms with Crippen LogP contribution in [0.1, 0.15) is 0 Å². The van der Waals surface area contributed by atoms with Crippen LogP contribution in [0.4, 0.5) is 4.79 Å². The Bertz CT molecular complexity index is 154. The zero-order chi connectivity index (χ0) is 6.15. The summed E-state index contributed by atoms with van der Waals surface area (Å²) in [6.45, 7) is 0.459. The maximum absolute atomic E-state index is 10.4. The highest BCUT2D eigenvalue weighted by atomic mass is 35.5. The lowest BCUT2D eigenvalue weighted by atomic mass is 10.7. The zero-order valence-corrected chi connectivity index (χ0v) is 5.14. The van der Waals surface area contributed by atoms with E-state index in [-0.39, 0.29) is 6.03 Å². The molecule has 1 aliphatic heterocycles. The second kappa shape index (κ2) is 1.74. The van der Waals surface area contributed by atoms with Crippen LogP contribution in [-0.2, 0) is 0 Å². The van der Waals surface area contributed by atoms with Crippen molar-refractivity contribution in [1.82, 2.24) is 4.90 Å². The Morgan fingerprint density at radius 3 is 2.62 bits per heavy atom. The monoisotopic (exact) mass is 132 g/mol. The van der Waals surface area contributed by atoms with Crippen molar-refractivity contribution in [3.8, 4) is 0 Å². The van der Waals surface area contributed by atoms with E-state index in [2.05, 4.69) is 4.99 Å². The van der Waals surface area contributed by atoms with Crippen LogP contribution in [0.3, 0.4) is 0 Å². The van der Waals surface area contributed by atoms with Gasteiger partial charge in [0.2, 0.25) is 0 Å². The van der Waals surface area contributed by atoms with E-state index in [4.69, 9.17) is 11.6 Å². The number of urea groups is 1. The normalized spacial score (nSPS) is 19.5. The van der Waals surface area contributed by atoms with Gasteiger partial charge in [-0.05, 0) is 0 Å². The van der Waals surface area contributed by atoms with Gasteiger partial charge < -0.3 is 4.90 Å². The molecule has 0 atom stereocenters. The molecular weight excluding hydrogens is 128 g/mol. The van der Waals surface area contributed by atoms with Crippen LogP contribution in [0.5, 0.6) is 0 Å². The van der Waals surface area contributed by atoms with Crippen molar-refractivity contribution < 1.29 is 4.79 Å². The van der Waals surface area contributed by atoms with Crippen molar-refractivity contribution in [2.75, 3.05) is 13.6 Å². The highest BCUT2D eigenvalue weighted by molar-refractivity contribution is 6.67. The van der Waals surface area contributed by atoms with Gasteiger partial charge in [-0.2, -0.15) is 4.99 Å². The number of rotatable bonds is 0. The molecule has 1 rings (SSSR count). The predicted octanol–water partition coefficient (Wildman–Crippen LogP) is 0.689. The Hall–Kier alpha value is -0.570. The van der Waals surface area contributed by atoms with Gasteiger partial charge in [0.15, 0.2) is 0 Å².